The summed E-state index contributed by atoms with van der Waals surface area (Å²) in [5, 5.41) is 3.19. The van der Waals surface area contributed by atoms with Crippen LogP contribution in [0.25, 0.3) is 0 Å². The number of hydrogen-bond acceptors (Lipinski definition) is 3. The van der Waals surface area contributed by atoms with Crippen molar-refractivity contribution >= 4 is 17.2 Å². The fraction of sp³-hybridized carbons (Fsp3) is 0.412. The summed E-state index contributed by atoms with van der Waals surface area (Å²) in [6.45, 7) is 4.10. The summed E-state index contributed by atoms with van der Waals surface area (Å²) in [6.07, 6.45) is 3.32. The van der Waals surface area contributed by atoms with E-state index in [4.69, 9.17) is 0 Å². The zero-order chi connectivity index (χ0) is 14.8. The molecule has 2 heterocycles. The molecule has 1 atom stereocenters. The van der Waals surface area contributed by atoms with Crippen LogP contribution >= 0.6 is 11.3 Å². The zero-order valence-corrected chi connectivity index (χ0v) is 13.2. The van der Waals surface area contributed by atoms with Gasteiger partial charge < -0.3 is 5.32 Å². The molecule has 0 aromatic carbocycles. The van der Waals surface area contributed by atoms with E-state index in [9.17, 15) is 4.79 Å². The average molecular weight is 300 g/mol. The molecule has 3 nitrogen and oxygen atoms in total. The second-order valence-electron chi connectivity index (χ2n) is 5.61. The van der Waals surface area contributed by atoms with E-state index >= 15 is 0 Å². The highest BCUT2D eigenvalue weighted by Crippen LogP contribution is 2.40. The molecule has 0 bridgehead atoms. The van der Waals surface area contributed by atoms with Gasteiger partial charge in [-0.1, -0.05) is 13.0 Å². The number of aryl methyl sites for hydroxylation is 2. The highest BCUT2D eigenvalue weighted by Gasteiger charge is 2.34. The number of carbonyl (C=O) groups excluding carboxylic acids is 1. The Kier molecular flexibility index (Phi) is 4.06. The molecule has 0 saturated heterocycles. The quantitative estimate of drug-likeness (QED) is 0.910. The first kappa shape index (κ1) is 14.3. The van der Waals surface area contributed by atoms with Crippen LogP contribution in [0.4, 0.5) is 0 Å². The van der Waals surface area contributed by atoms with Crippen molar-refractivity contribution in [3.05, 3.63) is 51.5 Å². The molecule has 1 amide bonds. The van der Waals surface area contributed by atoms with E-state index in [1.165, 1.54) is 17.7 Å². The minimum absolute atomic E-state index is 0.0277. The van der Waals surface area contributed by atoms with Crippen molar-refractivity contribution in [3.8, 4) is 0 Å². The number of rotatable bonds is 5. The Morgan fingerprint density at radius 3 is 2.81 bits per heavy atom. The lowest BCUT2D eigenvalue weighted by atomic mass is 10.1. The Morgan fingerprint density at radius 2 is 2.19 bits per heavy atom. The van der Waals surface area contributed by atoms with Gasteiger partial charge in [0, 0.05) is 10.6 Å². The van der Waals surface area contributed by atoms with Gasteiger partial charge >= 0.3 is 0 Å². The van der Waals surface area contributed by atoms with Crippen LogP contribution in [0.5, 0.6) is 0 Å². The number of pyridine rings is 1. The predicted octanol–water partition coefficient (Wildman–Crippen LogP) is 3.90. The summed E-state index contributed by atoms with van der Waals surface area (Å²) in [6, 6.07) is 10.0. The van der Waals surface area contributed by atoms with Crippen LogP contribution < -0.4 is 5.32 Å². The van der Waals surface area contributed by atoms with Gasteiger partial charge in [0.1, 0.15) is 0 Å². The number of hydrogen-bond donors (Lipinski definition) is 1. The smallest absolute Gasteiger partial charge is 0.261 e. The Bertz CT molecular complexity index is 646. The van der Waals surface area contributed by atoms with E-state index in [-0.39, 0.29) is 11.9 Å². The van der Waals surface area contributed by atoms with Crippen LogP contribution in [0.2, 0.25) is 0 Å². The van der Waals surface area contributed by atoms with Gasteiger partial charge in [0.25, 0.3) is 5.91 Å². The van der Waals surface area contributed by atoms with Gasteiger partial charge in [-0.05, 0) is 56.4 Å². The minimum atomic E-state index is 0.0277. The number of nitrogens with zero attached hydrogens (tertiary/aromatic N) is 1. The molecule has 0 spiro atoms. The standard InChI is InChI=1S/C17H20N2OS/c1-3-13-9-10-15(21-13)17(20)19-16(12-7-8-12)14-6-4-5-11(2)18-14/h4-6,9-10,12,16H,3,7-8H2,1-2H3,(H,19,20). The first-order valence-corrected chi connectivity index (χ1v) is 8.32. The first-order chi connectivity index (χ1) is 10.2. The third-order valence-electron chi connectivity index (χ3n) is 3.84. The van der Waals surface area contributed by atoms with Crippen molar-refractivity contribution in [1.29, 1.82) is 0 Å². The Balaban J connectivity index is 1.77. The maximum atomic E-state index is 12.4. The first-order valence-electron chi connectivity index (χ1n) is 7.50. The van der Waals surface area contributed by atoms with Gasteiger partial charge in [-0.15, -0.1) is 11.3 Å². The number of amides is 1. The van der Waals surface area contributed by atoms with Crippen molar-refractivity contribution in [3.63, 3.8) is 0 Å². The summed E-state index contributed by atoms with van der Waals surface area (Å²) in [5.74, 6) is 0.564. The molecule has 4 heteroatoms. The number of carbonyl (C=O) groups is 1. The predicted molar refractivity (Wildman–Crippen MR) is 85.6 cm³/mol. The molecule has 1 aliphatic rings. The highest BCUT2D eigenvalue weighted by atomic mass is 32.1. The summed E-state index contributed by atoms with van der Waals surface area (Å²) in [5.41, 5.74) is 1.98. The maximum absolute atomic E-state index is 12.4. The van der Waals surface area contributed by atoms with E-state index in [0.717, 1.165) is 22.7 Å². The molecule has 21 heavy (non-hydrogen) atoms. The SMILES string of the molecule is CCc1ccc(C(=O)NC(c2cccc(C)n2)C2CC2)s1. The van der Waals surface area contributed by atoms with Gasteiger partial charge in [-0.3, -0.25) is 9.78 Å². The van der Waals surface area contributed by atoms with Crippen LogP contribution in [0.15, 0.2) is 30.3 Å². The fourth-order valence-electron chi connectivity index (χ4n) is 2.50. The second kappa shape index (κ2) is 5.98. The lowest BCUT2D eigenvalue weighted by Crippen LogP contribution is -2.30. The van der Waals surface area contributed by atoms with Crippen LogP contribution in [-0.4, -0.2) is 10.9 Å². The number of nitrogens with one attached hydrogen (secondary N) is 1. The minimum Gasteiger partial charge on any atom is -0.343 e. The van der Waals surface area contributed by atoms with Crippen molar-refractivity contribution in [2.45, 2.75) is 39.2 Å². The Hall–Kier alpha value is -1.68. The average Bonchev–Trinajstić information content (AvgIpc) is 3.20. The summed E-state index contributed by atoms with van der Waals surface area (Å²) >= 11 is 1.58. The Morgan fingerprint density at radius 1 is 1.38 bits per heavy atom. The van der Waals surface area contributed by atoms with Gasteiger partial charge in [0.05, 0.1) is 16.6 Å². The summed E-state index contributed by atoms with van der Waals surface area (Å²) in [4.78, 5) is 19.1. The molecule has 1 N–H and O–H groups in total. The molecule has 1 saturated carbocycles. The third kappa shape index (κ3) is 3.32. The van der Waals surface area contributed by atoms with Gasteiger partial charge in [0.15, 0.2) is 0 Å². The number of aromatic nitrogens is 1. The van der Waals surface area contributed by atoms with Crippen molar-refractivity contribution < 1.29 is 4.79 Å². The van der Waals surface area contributed by atoms with E-state index < -0.39 is 0 Å². The summed E-state index contributed by atoms with van der Waals surface area (Å²) in [7, 11) is 0. The molecule has 1 unspecified atom stereocenters. The molecule has 1 aliphatic carbocycles. The highest BCUT2D eigenvalue weighted by molar-refractivity contribution is 7.14. The lowest BCUT2D eigenvalue weighted by Gasteiger charge is -2.17. The molecule has 2 aromatic heterocycles. The van der Waals surface area contributed by atoms with Crippen molar-refractivity contribution in [2.75, 3.05) is 0 Å². The van der Waals surface area contributed by atoms with Crippen molar-refractivity contribution in [2.24, 2.45) is 5.92 Å². The molecule has 110 valence electrons. The topological polar surface area (TPSA) is 42.0 Å². The van der Waals surface area contributed by atoms with Crippen LogP contribution in [0, 0.1) is 12.8 Å². The fourth-order valence-corrected chi connectivity index (χ4v) is 3.35. The molecule has 3 rings (SSSR count). The van der Waals surface area contributed by atoms with Crippen LogP contribution in [0.3, 0.4) is 0 Å². The second-order valence-corrected chi connectivity index (χ2v) is 6.78. The molecular formula is C17H20N2OS. The van der Waals surface area contributed by atoms with Crippen LogP contribution in [0.1, 0.15) is 51.7 Å². The van der Waals surface area contributed by atoms with Crippen LogP contribution in [-0.2, 0) is 6.42 Å². The van der Waals surface area contributed by atoms with Crippen molar-refractivity contribution in [1.82, 2.24) is 10.3 Å². The maximum Gasteiger partial charge on any atom is 0.261 e. The summed E-state index contributed by atoms with van der Waals surface area (Å²) < 4.78 is 0. The normalized spacial score (nSPS) is 15.7. The van der Waals surface area contributed by atoms with Gasteiger partial charge in [-0.2, -0.15) is 0 Å². The Labute approximate surface area is 129 Å². The van der Waals surface area contributed by atoms with E-state index in [0.29, 0.717) is 5.92 Å². The molecule has 0 radical (unpaired) electrons. The van der Waals surface area contributed by atoms with Gasteiger partial charge in [-0.25, -0.2) is 0 Å². The molecule has 0 aliphatic heterocycles. The third-order valence-corrected chi connectivity index (χ3v) is 5.07. The van der Waals surface area contributed by atoms with E-state index in [2.05, 4.69) is 17.2 Å². The molecular weight excluding hydrogens is 280 g/mol. The van der Waals surface area contributed by atoms with E-state index in [1.54, 1.807) is 11.3 Å². The van der Waals surface area contributed by atoms with E-state index in [1.807, 2.05) is 37.3 Å². The molecule has 1 fully saturated rings. The largest absolute Gasteiger partial charge is 0.343 e. The number of thiophene rings is 1. The zero-order valence-electron chi connectivity index (χ0n) is 12.4. The monoisotopic (exact) mass is 300 g/mol. The van der Waals surface area contributed by atoms with Gasteiger partial charge in [0.2, 0.25) is 0 Å². The lowest BCUT2D eigenvalue weighted by molar-refractivity contribution is 0.0935. The molecule has 2 aromatic rings.